The first kappa shape index (κ1) is 19.6. The van der Waals surface area contributed by atoms with E-state index < -0.39 is 0 Å². The molecular weight excluding hydrogens is 304 g/mol. The van der Waals surface area contributed by atoms with Crippen LogP contribution in [-0.2, 0) is 13.1 Å². The van der Waals surface area contributed by atoms with E-state index in [0.717, 1.165) is 13.1 Å². The van der Waals surface area contributed by atoms with Gasteiger partial charge in [0.1, 0.15) is 13.1 Å². The van der Waals surface area contributed by atoms with Crippen LogP contribution in [0.5, 0.6) is 0 Å². The summed E-state index contributed by atoms with van der Waals surface area (Å²) in [6, 6.07) is 4.45. The molecule has 0 aliphatic heterocycles. The molecule has 0 N–H and O–H groups in total. The van der Waals surface area contributed by atoms with Gasteiger partial charge >= 0.3 is 0 Å². The number of unbranched alkanes of at least 4 members (excludes halogenated alkanes) is 6. The molecule has 2 nitrogen and oxygen atoms in total. The third-order valence-electron chi connectivity index (χ3n) is 5.33. The molecule has 0 amide bonds. The second-order valence-electron chi connectivity index (χ2n) is 7.57. The van der Waals surface area contributed by atoms with Crippen LogP contribution in [0.4, 0.5) is 0 Å². The summed E-state index contributed by atoms with van der Waals surface area (Å²) in [6.07, 6.45) is 18.4. The Morgan fingerprint density at radius 2 is 0.880 bits per heavy atom. The molecule has 0 spiro atoms. The average molecular weight is 341 g/mol. The van der Waals surface area contributed by atoms with Crippen molar-refractivity contribution in [2.75, 3.05) is 0 Å². The summed E-state index contributed by atoms with van der Waals surface area (Å²) in [7, 11) is 0. The van der Waals surface area contributed by atoms with Crippen molar-refractivity contribution in [3.8, 4) is 0 Å². The van der Waals surface area contributed by atoms with E-state index in [-0.39, 0.29) is 0 Å². The van der Waals surface area contributed by atoms with Gasteiger partial charge in [0.25, 0.3) is 0 Å². The average Bonchev–Trinajstić information content (AvgIpc) is 2.59. The lowest BCUT2D eigenvalue weighted by Gasteiger charge is -2.03. The summed E-state index contributed by atoms with van der Waals surface area (Å²) < 4.78 is 4.67. The van der Waals surface area contributed by atoms with Gasteiger partial charge in [-0.25, -0.2) is 9.13 Å². The summed E-state index contributed by atoms with van der Waals surface area (Å²) in [5, 5.41) is 0. The zero-order valence-corrected chi connectivity index (χ0v) is 16.7. The van der Waals surface area contributed by atoms with E-state index in [1.54, 1.807) is 0 Å². The summed E-state index contributed by atoms with van der Waals surface area (Å²) in [5.41, 5.74) is 5.55. The molecule has 2 heterocycles. The molecule has 25 heavy (non-hydrogen) atoms. The predicted molar refractivity (Wildman–Crippen MR) is 105 cm³/mol. The molecule has 2 rings (SSSR count). The van der Waals surface area contributed by atoms with Crippen molar-refractivity contribution in [3.63, 3.8) is 0 Å². The highest BCUT2D eigenvalue weighted by Gasteiger charge is 2.04. The van der Waals surface area contributed by atoms with Crippen molar-refractivity contribution in [2.45, 2.75) is 85.7 Å². The first-order chi connectivity index (χ1) is 12.1. The van der Waals surface area contributed by atoms with Crippen molar-refractivity contribution in [1.82, 2.24) is 0 Å². The molecule has 0 aliphatic carbocycles. The number of aromatic nitrogens is 2. The summed E-state index contributed by atoms with van der Waals surface area (Å²) in [6.45, 7) is 11.1. The topological polar surface area (TPSA) is 7.76 Å². The van der Waals surface area contributed by atoms with Gasteiger partial charge in [-0.1, -0.05) is 19.3 Å². The van der Waals surface area contributed by atoms with Crippen molar-refractivity contribution in [3.05, 3.63) is 59.2 Å². The second-order valence-corrected chi connectivity index (χ2v) is 7.57. The van der Waals surface area contributed by atoms with Crippen molar-refractivity contribution in [2.24, 2.45) is 0 Å². The normalized spacial score (nSPS) is 11.0. The first-order valence-electron chi connectivity index (χ1n) is 9.99. The van der Waals surface area contributed by atoms with E-state index >= 15 is 0 Å². The van der Waals surface area contributed by atoms with Crippen LogP contribution in [-0.4, -0.2) is 0 Å². The molecular formula is C23H36N2+2. The largest absolute Gasteiger partial charge is 0.205 e. The third-order valence-corrected chi connectivity index (χ3v) is 5.33. The highest BCUT2D eigenvalue weighted by atomic mass is 14.9. The van der Waals surface area contributed by atoms with E-state index in [1.807, 2.05) is 0 Å². The zero-order valence-electron chi connectivity index (χ0n) is 16.7. The molecule has 0 unspecified atom stereocenters. The third kappa shape index (κ3) is 6.97. The van der Waals surface area contributed by atoms with Gasteiger partial charge in [0.15, 0.2) is 24.8 Å². The predicted octanol–water partition coefficient (Wildman–Crippen LogP) is 4.93. The van der Waals surface area contributed by atoms with Crippen molar-refractivity contribution in [1.29, 1.82) is 0 Å². The highest BCUT2D eigenvalue weighted by Crippen LogP contribution is 2.08. The van der Waals surface area contributed by atoms with Crippen molar-refractivity contribution >= 4 is 0 Å². The maximum absolute atomic E-state index is 2.34. The van der Waals surface area contributed by atoms with Gasteiger partial charge < -0.3 is 0 Å². The lowest BCUT2D eigenvalue weighted by molar-refractivity contribution is -0.697. The van der Waals surface area contributed by atoms with E-state index in [4.69, 9.17) is 0 Å². The Balaban J connectivity index is 1.49. The molecule has 0 fully saturated rings. The number of rotatable bonds is 10. The molecule has 0 aromatic carbocycles. The molecule has 0 saturated carbocycles. The summed E-state index contributed by atoms with van der Waals surface area (Å²) in [5.74, 6) is 0. The van der Waals surface area contributed by atoms with Gasteiger partial charge in [0.2, 0.25) is 0 Å². The molecule has 0 atom stereocenters. The van der Waals surface area contributed by atoms with Crippen LogP contribution in [0.1, 0.15) is 67.2 Å². The number of aryl methyl sites for hydroxylation is 6. The molecule has 0 saturated heterocycles. The molecule has 0 aliphatic rings. The molecule has 0 radical (unpaired) electrons. The van der Waals surface area contributed by atoms with Crippen LogP contribution >= 0.6 is 0 Å². The quantitative estimate of drug-likeness (QED) is 0.428. The number of pyridine rings is 2. The Kier molecular flexibility index (Phi) is 8.11. The number of hydrogen-bond acceptors (Lipinski definition) is 0. The Morgan fingerprint density at radius 1 is 0.520 bits per heavy atom. The van der Waals surface area contributed by atoms with Crippen LogP contribution in [0, 0.1) is 27.7 Å². The van der Waals surface area contributed by atoms with Gasteiger partial charge in [-0.05, 0) is 51.7 Å². The second kappa shape index (κ2) is 10.3. The lowest BCUT2D eigenvalue weighted by Crippen LogP contribution is -2.33. The maximum atomic E-state index is 2.34. The maximum Gasteiger partial charge on any atom is 0.171 e. The SMILES string of the molecule is Cc1cc[n+](CCCCCCCCC[n+]2ccc(C)c(C)c2)cc1C. The summed E-state index contributed by atoms with van der Waals surface area (Å²) >= 11 is 0. The fourth-order valence-electron chi connectivity index (χ4n) is 3.22. The van der Waals surface area contributed by atoms with Gasteiger partial charge in [0.05, 0.1) is 0 Å². The number of hydrogen-bond donors (Lipinski definition) is 0. The fraction of sp³-hybridized carbons (Fsp3) is 0.565. The lowest BCUT2D eigenvalue weighted by atomic mass is 10.1. The minimum atomic E-state index is 1.16. The highest BCUT2D eigenvalue weighted by molar-refractivity contribution is 5.17. The minimum absolute atomic E-state index is 1.16. The Labute approximate surface area is 154 Å². The van der Waals surface area contributed by atoms with Gasteiger partial charge in [-0.2, -0.15) is 0 Å². The molecule has 0 bridgehead atoms. The first-order valence-corrected chi connectivity index (χ1v) is 9.99. The van der Waals surface area contributed by atoms with Crippen molar-refractivity contribution < 1.29 is 9.13 Å². The molecule has 2 aromatic heterocycles. The molecule has 2 heteroatoms. The van der Waals surface area contributed by atoms with Crippen LogP contribution in [0.2, 0.25) is 0 Å². The van der Waals surface area contributed by atoms with E-state index in [0.29, 0.717) is 0 Å². The van der Waals surface area contributed by atoms with Crippen LogP contribution in [0.25, 0.3) is 0 Å². The zero-order chi connectivity index (χ0) is 18.1. The summed E-state index contributed by atoms with van der Waals surface area (Å²) in [4.78, 5) is 0. The fourth-order valence-corrected chi connectivity index (χ4v) is 3.22. The van der Waals surface area contributed by atoms with Gasteiger partial charge in [0, 0.05) is 36.1 Å². The van der Waals surface area contributed by atoms with Crippen LogP contribution in [0.3, 0.4) is 0 Å². The van der Waals surface area contributed by atoms with Gasteiger partial charge in [-0.15, -0.1) is 0 Å². The monoisotopic (exact) mass is 340 g/mol. The van der Waals surface area contributed by atoms with E-state index in [2.05, 4.69) is 73.7 Å². The Hall–Kier alpha value is -1.70. The smallest absolute Gasteiger partial charge is 0.171 e. The standard InChI is InChI=1S/C23H36N2/c1-20-12-16-24(18-22(20)3)14-10-8-6-5-7-9-11-15-25-17-13-21(2)23(4)19-25/h12-13,16-19H,5-11,14-15H2,1-4H3/q+2. The van der Waals surface area contributed by atoms with E-state index in [9.17, 15) is 0 Å². The van der Waals surface area contributed by atoms with Crippen LogP contribution in [0.15, 0.2) is 36.9 Å². The van der Waals surface area contributed by atoms with Gasteiger partial charge in [-0.3, -0.25) is 0 Å². The molecule has 2 aromatic rings. The Morgan fingerprint density at radius 3 is 1.24 bits per heavy atom. The van der Waals surface area contributed by atoms with E-state index in [1.165, 1.54) is 67.2 Å². The minimum Gasteiger partial charge on any atom is -0.205 e. The van der Waals surface area contributed by atoms with Crippen LogP contribution < -0.4 is 9.13 Å². The Bertz CT molecular complexity index is 604. The molecule has 136 valence electrons. The number of nitrogens with zero attached hydrogens (tertiary/aromatic N) is 2.